The van der Waals surface area contributed by atoms with Crippen LogP contribution in [0.15, 0.2) is 30.3 Å². The maximum atomic E-state index is 12.7. The highest BCUT2D eigenvalue weighted by Crippen LogP contribution is 2.07. The van der Waals surface area contributed by atoms with E-state index in [1.54, 1.807) is 20.8 Å². The number of benzene rings is 1. The van der Waals surface area contributed by atoms with E-state index >= 15 is 0 Å². The molecular formula is C21H31N3O6. The third-order valence-corrected chi connectivity index (χ3v) is 3.96. The molecule has 0 aliphatic carbocycles. The van der Waals surface area contributed by atoms with Crippen LogP contribution in [0.3, 0.4) is 0 Å². The predicted octanol–water partition coefficient (Wildman–Crippen LogP) is 1.30. The van der Waals surface area contributed by atoms with E-state index in [9.17, 15) is 19.2 Å². The van der Waals surface area contributed by atoms with Crippen LogP contribution >= 0.6 is 0 Å². The van der Waals surface area contributed by atoms with E-state index < -0.39 is 47.6 Å². The minimum absolute atomic E-state index is 0.200. The van der Waals surface area contributed by atoms with Crippen LogP contribution in [0.1, 0.15) is 40.2 Å². The summed E-state index contributed by atoms with van der Waals surface area (Å²) in [7, 11) is 1.22. The molecule has 0 radical (unpaired) electrons. The van der Waals surface area contributed by atoms with E-state index in [0.717, 1.165) is 5.56 Å². The lowest BCUT2D eigenvalue weighted by atomic mass is 10.0. The molecule has 3 N–H and O–H groups in total. The summed E-state index contributed by atoms with van der Waals surface area (Å²) in [5.74, 6) is -1.72. The van der Waals surface area contributed by atoms with Gasteiger partial charge in [-0.25, -0.2) is 9.59 Å². The van der Waals surface area contributed by atoms with Gasteiger partial charge in [-0.05, 0) is 40.2 Å². The van der Waals surface area contributed by atoms with Crippen molar-refractivity contribution in [1.82, 2.24) is 16.0 Å². The van der Waals surface area contributed by atoms with E-state index in [0.29, 0.717) is 0 Å². The average molecular weight is 421 g/mol. The molecule has 9 nitrogen and oxygen atoms in total. The highest BCUT2D eigenvalue weighted by Gasteiger charge is 2.28. The molecule has 0 saturated heterocycles. The number of hydrogen-bond donors (Lipinski definition) is 3. The van der Waals surface area contributed by atoms with Crippen molar-refractivity contribution in [3.05, 3.63) is 35.9 Å². The number of carbonyl (C=O) groups is 4. The predicted molar refractivity (Wildman–Crippen MR) is 111 cm³/mol. The lowest BCUT2D eigenvalue weighted by Crippen LogP contribution is -2.55. The minimum Gasteiger partial charge on any atom is -0.467 e. The summed E-state index contributed by atoms with van der Waals surface area (Å²) in [6, 6.07) is 6.32. The first-order valence-corrected chi connectivity index (χ1v) is 9.65. The number of alkyl carbamates (subject to hydrolysis) is 1. The fraction of sp³-hybridized carbons (Fsp3) is 0.524. The summed E-state index contributed by atoms with van der Waals surface area (Å²) in [5, 5.41) is 7.58. The van der Waals surface area contributed by atoms with Gasteiger partial charge in [0.05, 0.1) is 7.11 Å². The SMILES string of the molecule is COC(=O)[C@@H](C)NC(=O)[C@H](Cc1ccccc1)NC(=O)[C@H](C)NC(=O)OC(C)(C)C. The Balaban J connectivity index is 2.85. The Hall–Kier alpha value is -3.10. The van der Waals surface area contributed by atoms with Gasteiger partial charge in [0.25, 0.3) is 0 Å². The van der Waals surface area contributed by atoms with Gasteiger partial charge in [-0.15, -0.1) is 0 Å². The van der Waals surface area contributed by atoms with Crippen molar-refractivity contribution in [1.29, 1.82) is 0 Å². The largest absolute Gasteiger partial charge is 0.467 e. The Morgan fingerprint density at radius 3 is 2.03 bits per heavy atom. The topological polar surface area (TPSA) is 123 Å². The Morgan fingerprint density at radius 1 is 0.900 bits per heavy atom. The molecule has 0 heterocycles. The third-order valence-electron chi connectivity index (χ3n) is 3.96. The molecule has 30 heavy (non-hydrogen) atoms. The monoisotopic (exact) mass is 421 g/mol. The molecule has 0 aromatic heterocycles. The van der Waals surface area contributed by atoms with Crippen LogP contribution in [0.2, 0.25) is 0 Å². The zero-order valence-electron chi connectivity index (χ0n) is 18.3. The van der Waals surface area contributed by atoms with Crippen LogP contribution in [-0.2, 0) is 30.3 Å². The maximum Gasteiger partial charge on any atom is 0.408 e. The molecule has 0 bridgehead atoms. The van der Waals surface area contributed by atoms with Gasteiger partial charge in [0.2, 0.25) is 11.8 Å². The van der Waals surface area contributed by atoms with Gasteiger partial charge in [0, 0.05) is 6.42 Å². The summed E-state index contributed by atoms with van der Waals surface area (Å²) in [6.45, 7) is 8.09. The van der Waals surface area contributed by atoms with Crippen molar-refractivity contribution < 1.29 is 28.7 Å². The van der Waals surface area contributed by atoms with Crippen molar-refractivity contribution in [3.8, 4) is 0 Å². The van der Waals surface area contributed by atoms with Crippen molar-refractivity contribution in [2.75, 3.05) is 7.11 Å². The van der Waals surface area contributed by atoms with E-state index in [-0.39, 0.29) is 6.42 Å². The number of methoxy groups -OCH3 is 1. The first kappa shape index (κ1) is 24.9. The molecule has 1 rings (SSSR count). The molecule has 9 heteroatoms. The maximum absolute atomic E-state index is 12.7. The summed E-state index contributed by atoms with van der Waals surface area (Å²) in [6.07, 6.45) is -0.542. The van der Waals surface area contributed by atoms with Crippen LogP contribution in [0.4, 0.5) is 4.79 Å². The molecule has 0 spiro atoms. The molecule has 0 saturated carbocycles. The van der Waals surface area contributed by atoms with Crippen molar-refractivity contribution in [2.45, 2.75) is 64.8 Å². The molecule has 0 aliphatic heterocycles. The van der Waals surface area contributed by atoms with Gasteiger partial charge in [0.1, 0.15) is 23.7 Å². The van der Waals surface area contributed by atoms with Gasteiger partial charge in [-0.3, -0.25) is 9.59 Å². The minimum atomic E-state index is -0.963. The average Bonchev–Trinajstić information content (AvgIpc) is 2.65. The fourth-order valence-corrected chi connectivity index (χ4v) is 2.46. The number of hydrogen-bond acceptors (Lipinski definition) is 6. The van der Waals surface area contributed by atoms with Crippen LogP contribution in [0.25, 0.3) is 0 Å². The molecule has 166 valence electrons. The van der Waals surface area contributed by atoms with Crippen LogP contribution < -0.4 is 16.0 Å². The van der Waals surface area contributed by atoms with Crippen LogP contribution in [-0.4, -0.2) is 54.7 Å². The van der Waals surface area contributed by atoms with Gasteiger partial charge in [-0.2, -0.15) is 0 Å². The summed E-state index contributed by atoms with van der Waals surface area (Å²) < 4.78 is 9.75. The Morgan fingerprint density at radius 2 is 1.50 bits per heavy atom. The third kappa shape index (κ3) is 8.93. The second-order valence-electron chi connectivity index (χ2n) is 7.87. The molecule has 0 aliphatic rings. The molecule has 1 aromatic rings. The normalized spacial score (nSPS) is 13.9. The Kier molecular flexibility index (Phi) is 9.29. The van der Waals surface area contributed by atoms with Crippen molar-refractivity contribution in [3.63, 3.8) is 0 Å². The second-order valence-corrected chi connectivity index (χ2v) is 7.87. The summed E-state index contributed by atoms with van der Waals surface area (Å²) in [5.41, 5.74) is 0.108. The molecule has 3 amide bonds. The lowest BCUT2D eigenvalue weighted by Gasteiger charge is -2.24. The van der Waals surface area contributed by atoms with Crippen molar-refractivity contribution in [2.24, 2.45) is 0 Å². The molecule has 0 unspecified atom stereocenters. The molecule has 3 atom stereocenters. The van der Waals surface area contributed by atoms with Gasteiger partial charge >= 0.3 is 12.1 Å². The zero-order chi connectivity index (χ0) is 22.9. The Bertz CT molecular complexity index is 745. The molecule has 1 aromatic carbocycles. The summed E-state index contributed by atoms with van der Waals surface area (Å²) >= 11 is 0. The second kappa shape index (κ2) is 11.2. The van der Waals surface area contributed by atoms with E-state index in [2.05, 4.69) is 20.7 Å². The lowest BCUT2D eigenvalue weighted by molar-refractivity contribution is -0.144. The Labute approximate surface area is 176 Å². The van der Waals surface area contributed by atoms with E-state index in [4.69, 9.17) is 4.74 Å². The van der Waals surface area contributed by atoms with Crippen LogP contribution in [0.5, 0.6) is 0 Å². The number of ether oxygens (including phenoxy) is 2. The molecule has 0 fully saturated rings. The fourth-order valence-electron chi connectivity index (χ4n) is 2.46. The standard InChI is InChI=1S/C21H31N3O6/c1-13(23-20(28)30-21(3,4)5)17(25)24-16(12-15-10-8-7-9-11-15)18(26)22-14(2)19(27)29-6/h7-11,13-14,16H,12H2,1-6H3,(H,22,26)(H,23,28)(H,24,25)/t13-,14+,16-/m0/s1. The number of esters is 1. The first-order valence-electron chi connectivity index (χ1n) is 9.65. The highest BCUT2D eigenvalue weighted by atomic mass is 16.6. The first-order chi connectivity index (χ1) is 13.9. The molecular weight excluding hydrogens is 390 g/mol. The van der Waals surface area contributed by atoms with Gasteiger partial charge < -0.3 is 25.4 Å². The highest BCUT2D eigenvalue weighted by molar-refractivity contribution is 5.93. The van der Waals surface area contributed by atoms with Crippen molar-refractivity contribution >= 4 is 23.9 Å². The summed E-state index contributed by atoms with van der Waals surface area (Å²) in [4.78, 5) is 48.8. The van der Waals surface area contributed by atoms with Gasteiger partial charge in [0.15, 0.2) is 0 Å². The number of rotatable bonds is 8. The van der Waals surface area contributed by atoms with E-state index in [1.807, 2.05) is 30.3 Å². The van der Waals surface area contributed by atoms with Gasteiger partial charge in [-0.1, -0.05) is 30.3 Å². The number of amides is 3. The smallest absolute Gasteiger partial charge is 0.408 e. The number of carbonyl (C=O) groups excluding carboxylic acids is 4. The quantitative estimate of drug-likeness (QED) is 0.544. The zero-order valence-corrected chi connectivity index (χ0v) is 18.3. The van der Waals surface area contributed by atoms with Crippen LogP contribution in [0, 0.1) is 0 Å². The van der Waals surface area contributed by atoms with E-state index in [1.165, 1.54) is 21.0 Å². The number of nitrogens with one attached hydrogen (secondary N) is 3.